The van der Waals surface area contributed by atoms with Crippen molar-refractivity contribution in [3.05, 3.63) is 175 Å². The minimum Gasteiger partial charge on any atom is -0.347 e. The lowest BCUT2D eigenvalue weighted by Crippen LogP contribution is -2.46. The average Bonchev–Trinajstić information content (AvgIpc) is 1.64. The third-order valence-corrected chi connectivity index (χ3v) is 13.0. The Labute approximate surface area is 510 Å². The van der Waals surface area contributed by atoms with Crippen LogP contribution in [0.15, 0.2) is 60.8 Å². The van der Waals surface area contributed by atoms with Crippen molar-refractivity contribution in [2.24, 2.45) is 21.1 Å². The monoisotopic (exact) mass is 1310 g/mol. The van der Waals surface area contributed by atoms with Gasteiger partial charge in [-0.05, 0) is 113 Å². The van der Waals surface area contributed by atoms with Crippen molar-refractivity contribution in [3.8, 4) is 0 Å². The van der Waals surface area contributed by atoms with Crippen LogP contribution in [0.1, 0.15) is 100 Å². The van der Waals surface area contributed by atoms with E-state index in [0.29, 0.717) is 29.9 Å². The van der Waals surface area contributed by atoms with E-state index in [1.807, 2.05) is 0 Å². The number of hydrogen-bond acceptors (Lipinski definition) is 9. The summed E-state index contributed by atoms with van der Waals surface area (Å²) in [5.74, 6) is -16.6. The Morgan fingerprint density at radius 2 is 0.707 bits per heavy atom. The molecule has 0 bridgehead atoms. The van der Waals surface area contributed by atoms with Crippen LogP contribution in [0.25, 0.3) is 14.5 Å². The molecule has 3 heterocycles. The van der Waals surface area contributed by atoms with Gasteiger partial charge in [-0.15, -0.1) is 0 Å². The summed E-state index contributed by atoms with van der Waals surface area (Å²) in [7, 11) is 3.38. The quantitative estimate of drug-likeness (QED) is 0.0247. The standard InChI is InChI=1S/2C19H15F5N4O3.C19H16F4N4O3/c2*1-8-13(17(30)27-10-5-6-11(20)12(7-10)25-3)16(21)28(4)14(8)15(29)18(31)26-9(2)19(22,23)24;1-9-12(17(29)26-11-5-6-13(20)14(7-11)24-3)8-27(4)15(9)16(28)18(30)25-10(2)19(21,22)23/h2*5-7,9H,1-2,4H3,(H,26,31)(H,27,30);5-8,10H,1-2,4H3,(H,25,30)(H,26,29)/t2*9-;10-/m000/s1. The molecule has 0 spiro atoms. The topological polar surface area (TPSA) is 254 Å². The van der Waals surface area contributed by atoms with Crippen LogP contribution in [0.5, 0.6) is 0 Å². The van der Waals surface area contributed by atoms with E-state index in [1.54, 1.807) is 5.32 Å². The number of Topliss-reactive ketones (excluding diaryl/α,β-unsaturated/α-hetero) is 3. The van der Waals surface area contributed by atoms with Crippen LogP contribution in [0.4, 0.5) is 95.6 Å². The Morgan fingerprint density at radius 3 is 0.978 bits per heavy atom. The van der Waals surface area contributed by atoms with Crippen molar-refractivity contribution >= 4 is 86.9 Å². The fourth-order valence-electron chi connectivity index (χ4n) is 8.03. The Morgan fingerprint density at radius 1 is 0.435 bits per heavy atom. The molecule has 0 fully saturated rings. The lowest BCUT2D eigenvalue weighted by molar-refractivity contribution is -0.156. The van der Waals surface area contributed by atoms with E-state index in [2.05, 4.69) is 30.5 Å². The Kier molecular flexibility index (Phi) is 23.1. The molecule has 92 heavy (non-hydrogen) atoms. The predicted molar refractivity (Wildman–Crippen MR) is 296 cm³/mol. The van der Waals surface area contributed by atoms with Gasteiger partial charge in [0.15, 0.2) is 0 Å². The zero-order valence-electron chi connectivity index (χ0n) is 48.7. The highest BCUT2D eigenvalue weighted by Crippen LogP contribution is 2.30. The summed E-state index contributed by atoms with van der Waals surface area (Å²) in [6.45, 7) is 26.2. The van der Waals surface area contributed by atoms with Gasteiger partial charge in [0, 0.05) is 44.4 Å². The minimum absolute atomic E-state index is 0.0220. The molecular weight excluding hydrogens is 1260 g/mol. The number of nitrogens with zero attached hydrogens (tertiary/aromatic N) is 6. The number of carbonyl (C=O) groups excluding carboxylic acids is 9. The van der Waals surface area contributed by atoms with Crippen molar-refractivity contribution in [3.63, 3.8) is 0 Å². The number of amides is 6. The van der Waals surface area contributed by atoms with Gasteiger partial charge in [0.2, 0.25) is 29.0 Å². The van der Waals surface area contributed by atoms with Gasteiger partial charge in [-0.3, -0.25) is 43.2 Å². The number of carbonyl (C=O) groups is 9. The number of aryl methyl sites for hydroxylation is 1. The lowest BCUT2D eigenvalue weighted by atomic mass is 10.1. The summed E-state index contributed by atoms with van der Waals surface area (Å²) in [5, 5.41) is 11.4. The molecule has 486 valence electrons. The molecule has 0 radical (unpaired) electrons. The molecule has 6 aromatic rings. The number of benzene rings is 3. The minimum atomic E-state index is -4.80. The highest BCUT2D eigenvalue weighted by Gasteiger charge is 2.42. The number of alkyl halides is 9. The number of hydrogen-bond donors (Lipinski definition) is 6. The third-order valence-electron chi connectivity index (χ3n) is 13.0. The van der Waals surface area contributed by atoms with E-state index in [1.165, 1.54) is 36.9 Å². The molecule has 0 aliphatic rings. The normalized spacial score (nSPS) is 12.1. The van der Waals surface area contributed by atoms with Gasteiger partial charge in [0.25, 0.3) is 52.8 Å². The average molecular weight is 1310 g/mol. The molecule has 3 aromatic heterocycles. The SMILES string of the molecule is [C-]#[N+]c1cc(NC(=O)c2c(C)c(C(=O)C(=O)N[C@@H](C)C(F)(F)F)n(C)c2F)ccc1F.[C-]#[N+]c1cc(NC(=O)c2c(C)c(C(=O)C(=O)N[C@@H](C)C(F)(F)F)n(C)c2F)ccc1F.[C-]#[N+]c1cc(NC(=O)c2cn(C)c(C(=O)C(=O)N[C@@H](C)C(F)(F)F)c2C)ccc1F. The number of ketones is 3. The van der Waals surface area contributed by atoms with Gasteiger partial charge < -0.3 is 45.6 Å². The van der Waals surface area contributed by atoms with Crippen LogP contribution in [-0.2, 0) is 35.5 Å². The smallest absolute Gasteiger partial charge is 0.347 e. The number of aromatic nitrogens is 3. The molecular formula is C57H46F14N12O9. The molecule has 0 aliphatic heterocycles. The first kappa shape index (κ1) is 73.3. The second kappa shape index (κ2) is 29.0. The van der Waals surface area contributed by atoms with Gasteiger partial charge in [-0.2, -0.15) is 48.3 Å². The summed E-state index contributed by atoms with van der Waals surface area (Å²) in [6, 6.07) is 2.56. The van der Waals surface area contributed by atoms with Crippen LogP contribution < -0.4 is 31.9 Å². The third kappa shape index (κ3) is 16.9. The van der Waals surface area contributed by atoms with E-state index in [4.69, 9.17) is 19.7 Å². The molecule has 6 rings (SSSR count). The van der Waals surface area contributed by atoms with Crippen molar-refractivity contribution in [2.75, 3.05) is 16.0 Å². The molecule has 3 aromatic carbocycles. The van der Waals surface area contributed by atoms with Crippen molar-refractivity contribution in [1.29, 1.82) is 0 Å². The second-order valence-electron chi connectivity index (χ2n) is 19.4. The first-order valence-corrected chi connectivity index (χ1v) is 25.5. The Bertz CT molecular complexity index is 3950. The molecule has 0 saturated carbocycles. The van der Waals surface area contributed by atoms with Crippen molar-refractivity contribution < 1.29 is 105 Å². The molecule has 6 N–H and O–H groups in total. The summed E-state index contributed by atoms with van der Waals surface area (Å²) in [4.78, 5) is 119. The lowest BCUT2D eigenvalue weighted by Gasteiger charge is -2.16. The summed E-state index contributed by atoms with van der Waals surface area (Å²) < 4.78 is 185. The van der Waals surface area contributed by atoms with Crippen molar-refractivity contribution in [1.82, 2.24) is 29.7 Å². The van der Waals surface area contributed by atoms with Crippen LogP contribution >= 0.6 is 0 Å². The van der Waals surface area contributed by atoms with Gasteiger partial charge in [-0.1, -0.05) is 0 Å². The highest BCUT2D eigenvalue weighted by molar-refractivity contribution is 6.44. The first-order valence-electron chi connectivity index (χ1n) is 25.5. The van der Waals surface area contributed by atoms with Crippen molar-refractivity contribution in [2.45, 2.75) is 78.2 Å². The summed E-state index contributed by atoms with van der Waals surface area (Å²) >= 11 is 0. The largest absolute Gasteiger partial charge is 0.408 e. The van der Waals surface area contributed by atoms with E-state index in [9.17, 15) is 105 Å². The number of nitrogens with one attached hydrogen (secondary N) is 6. The van der Waals surface area contributed by atoms with Crippen LogP contribution in [0.2, 0.25) is 0 Å². The fourth-order valence-corrected chi connectivity index (χ4v) is 8.03. The van der Waals surface area contributed by atoms with Crippen LogP contribution in [0, 0.1) is 69.8 Å². The van der Waals surface area contributed by atoms with Gasteiger partial charge >= 0.3 is 18.5 Å². The van der Waals surface area contributed by atoms with Crippen LogP contribution in [0.3, 0.4) is 0 Å². The van der Waals surface area contributed by atoms with E-state index in [-0.39, 0.29) is 50.7 Å². The molecule has 0 aliphatic carbocycles. The van der Waals surface area contributed by atoms with E-state index >= 15 is 0 Å². The highest BCUT2D eigenvalue weighted by atomic mass is 19.4. The summed E-state index contributed by atoms with van der Waals surface area (Å²) in [5.41, 5.74) is -4.34. The maximum absolute atomic E-state index is 14.7. The zero-order valence-corrected chi connectivity index (χ0v) is 48.7. The molecule has 6 amide bonds. The maximum Gasteiger partial charge on any atom is 0.408 e. The van der Waals surface area contributed by atoms with E-state index < -0.39 is 153 Å². The number of rotatable bonds is 15. The Hall–Kier alpha value is -11.2. The van der Waals surface area contributed by atoms with E-state index in [0.717, 1.165) is 81.0 Å². The fraction of sp³-hybridized carbons (Fsp3) is 0.263. The Balaban J connectivity index is 0.000000294. The molecule has 3 atom stereocenters. The molecule has 0 unspecified atom stereocenters. The van der Waals surface area contributed by atoms with Gasteiger partial charge in [0.1, 0.15) is 47.0 Å². The molecule has 35 heteroatoms. The maximum atomic E-state index is 14.7. The molecule has 21 nitrogen and oxygen atoms in total. The molecule has 0 saturated heterocycles. The first-order chi connectivity index (χ1) is 42.4. The van der Waals surface area contributed by atoms with Gasteiger partial charge in [-0.25, -0.2) is 27.7 Å². The van der Waals surface area contributed by atoms with Crippen LogP contribution in [-0.4, -0.2) is 103 Å². The number of anilines is 3. The second-order valence-corrected chi connectivity index (χ2v) is 19.4. The zero-order chi connectivity index (χ0) is 70.1. The number of halogens is 14. The summed E-state index contributed by atoms with van der Waals surface area (Å²) in [6.07, 6.45) is -13.1. The van der Waals surface area contributed by atoms with Gasteiger partial charge in [0.05, 0.1) is 42.1 Å². The predicted octanol–water partition coefficient (Wildman–Crippen LogP) is 10.9.